The number of H-pyrrole nitrogens is 1. The topological polar surface area (TPSA) is 101 Å². The van der Waals surface area contributed by atoms with Crippen molar-refractivity contribution in [3.63, 3.8) is 0 Å². The summed E-state index contributed by atoms with van der Waals surface area (Å²) in [4.78, 5) is 38.9. The summed E-state index contributed by atoms with van der Waals surface area (Å²) in [5, 5.41) is 4.54. The van der Waals surface area contributed by atoms with Crippen LogP contribution in [0.4, 0.5) is 0 Å². The van der Waals surface area contributed by atoms with Gasteiger partial charge in [-0.3, -0.25) is 9.78 Å². The third kappa shape index (κ3) is 4.79. The van der Waals surface area contributed by atoms with Crippen LogP contribution in [-0.4, -0.2) is 33.8 Å². The minimum atomic E-state index is -0.522. The molecule has 3 rings (SSSR count). The van der Waals surface area contributed by atoms with Gasteiger partial charge in [0.1, 0.15) is 11.2 Å². The Hall–Kier alpha value is -2.64. The first-order valence-electron chi connectivity index (χ1n) is 10.2. The van der Waals surface area contributed by atoms with Crippen LogP contribution in [-0.2, 0) is 6.42 Å². The molecule has 152 valence electrons. The summed E-state index contributed by atoms with van der Waals surface area (Å²) >= 11 is 0. The Balaban J connectivity index is 1.90. The quantitative estimate of drug-likeness (QED) is 0.444. The predicted molar refractivity (Wildman–Crippen MR) is 108 cm³/mol. The van der Waals surface area contributed by atoms with Gasteiger partial charge in [0, 0.05) is 25.6 Å². The number of unbranched alkanes of at least 4 members (excludes halogenated alkanes) is 1. The van der Waals surface area contributed by atoms with E-state index in [4.69, 9.17) is 9.25 Å². The number of aromatic nitrogens is 2. The van der Waals surface area contributed by atoms with Gasteiger partial charge in [-0.1, -0.05) is 25.4 Å². The van der Waals surface area contributed by atoms with Crippen molar-refractivity contribution < 1.29 is 9.25 Å². The molecule has 0 amide bonds. The van der Waals surface area contributed by atoms with Crippen molar-refractivity contribution in [3.8, 4) is 6.01 Å². The average molecular weight is 388 g/mol. The number of fused-ring (bicyclic) bond motifs is 1. The van der Waals surface area contributed by atoms with Gasteiger partial charge in [-0.15, -0.1) is 0 Å². The molecule has 0 aliphatic carbocycles. The van der Waals surface area contributed by atoms with Crippen molar-refractivity contribution >= 4 is 16.9 Å². The number of hydrogen-bond acceptors (Lipinski definition) is 6. The van der Waals surface area contributed by atoms with E-state index in [1.54, 1.807) is 0 Å². The van der Waals surface area contributed by atoms with E-state index in [1.807, 2.05) is 0 Å². The molecule has 0 spiro atoms. The zero-order valence-corrected chi connectivity index (χ0v) is 16.6. The van der Waals surface area contributed by atoms with Crippen molar-refractivity contribution in [1.82, 2.24) is 14.9 Å². The van der Waals surface area contributed by atoms with Gasteiger partial charge in [-0.05, 0) is 44.1 Å². The molecule has 8 heteroatoms. The summed E-state index contributed by atoms with van der Waals surface area (Å²) < 4.78 is 5.15. The van der Waals surface area contributed by atoms with Crippen LogP contribution in [0, 0.1) is 0 Å². The minimum absolute atomic E-state index is 0.0115. The summed E-state index contributed by atoms with van der Waals surface area (Å²) in [7, 11) is 0. The molecule has 1 fully saturated rings. The molecule has 0 aromatic carbocycles. The molecule has 2 aromatic heterocycles. The maximum atomic E-state index is 12.6. The van der Waals surface area contributed by atoms with Gasteiger partial charge in [0.15, 0.2) is 0 Å². The summed E-state index contributed by atoms with van der Waals surface area (Å²) in [6.07, 6.45) is 7.69. The zero-order valence-electron chi connectivity index (χ0n) is 16.6. The lowest BCUT2D eigenvalue weighted by atomic mass is 10.1. The van der Waals surface area contributed by atoms with Crippen LogP contribution in [0.1, 0.15) is 64.4 Å². The first kappa shape index (κ1) is 20.1. The summed E-state index contributed by atoms with van der Waals surface area (Å²) in [5.41, 5.74) is -0.273. The fourth-order valence-corrected chi connectivity index (χ4v) is 3.47. The number of aromatic amines is 1. The van der Waals surface area contributed by atoms with Gasteiger partial charge in [0.05, 0.1) is 0 Å². The number of aryl methyl sites for hydroxylation is 1. The highest BCUT2D eigenvalue weighted by atomic mass is 16.6. The van der Waals surface area contributed by atoms with E-state index in [0.29, 0.717) is 17.4 Å². The molecule has 0 atom stereocenters. The molecule has 28 heavy (non-hydrogen) atoms. The number of nitrogens with zero attached hydrogens (tertiary/aromatic N) is 3. The maximum absolute atomic E-state index is 12.6. The zero-order chi connectivity index (χ0) is 19.9. The van der Waals surface area contributed by atoms with Crippen molar-refractivity contribution in [1.29, 1.82) is 0 Å². The molecule has 1 N–H and O–H groups in total. The number of rotatable bonds is 7. The van der Waals surface area contributed by atoms with Crippen LogP contribution in [0.5, 0.6) is 6.01 Å². The molecule has 2 aromatic rings. The van der Waals surface area contributed by atoms with Gasteiger partial charge in [0.2, 0.25) is 5.71 Å². The minimum Gasteiger partial charge on any atom is -0.403 e. The smallest absolute Gasteiger partial charge is 0.337 e. The number of nitrogens with one attached hydrogen (secondary N) is 1. The maximum Gasteiger partial charge on any atom is 0.337 e. The van der Waals surface area contributed by atoms with Crippen LogP contribution in [0.3, 0.4) is 0 Å². The number of likely N-dealkylation sites (tertiary alicyclic amines) is 1. The van der Waals surface area contributed by atoms with Crippen molar-refractivity contribution in [2.45, 2.75) is 65.2 Å². The molecule has 3 heterocycles. The fourth-order valence-electron chi connectivity index (χ4n) is 3.47. The molecule has 1 aliphatic heterocycles. The standard InChI is InChI=1S/C20H28N4O4/c1-3-5-10-14-13-16(25)27-19-17(14)18(26)21-20(22-19)28-23-15(9-4-2)24-11-7-6-8-12-24/h13H,3-12H2,1-2H3,(H,21,22,26)/b23-15+. The van der Waals surface area contributed by atoms with E-state index < -0.39 is 5.63 Å². The first-order chi connectivity index (χ1) is 13.6. The van der Waals surface area contributed by atoms with Crippen LogP contribution >= 0.6 is 0 Å². The summed E-state index contributed by atoms with van der Waals surface area (Å²) in [6.45, 7) is 6.05. The molecule has 8 nitrogen and oxygen atoms in total. The normalized spacial score (nSPS) is 15.2. The first-order valence-corrected chi connectivity index (χ1v) is 10.2. The largest absolute Gasteiger partial charge is 0.403 e. The number of oxime groups is 1. The third-order valence-electron chi connectivity index (χ3n) is 4.91. The Bertz CT molecular complexity index is 941. The Labute approximate surface area is 163 Å². The molecule has 1 aliphatic rings. The van der Waals surface area contributed by atoms with Crippen molar-refractivity contribution in [2.24, 2.45) is 5.16 Å². The second-order valence-corrected chi connectivity index (χ2v) is 7.14. The number of hydrogen-bond donors (Lipinski definition) is 1. The Morgan fingerprint density at radius 3 is 2.75 bits per heavy atom. The van der Waals surface area contributed by atoms with Gasteiger partial charge in [-0.2, -0.15) is 4.98 Å². The van der Waals surface area contributed by atoms with E-state index in [-0.39, 0.29) is 17.3 Å². The van der Waals surface area contributed by atoms with Gasteiger partial charge in [0.25, 0.3) is 5.56 Å². The fraction of sp³-hybridized carbons (Fsp3) is 0.600. The number of amidine groups is 1. The highest BCUT2D eigenvalue weighted by molar-refractivity contribution is 5.82. The highest BCUT2D eigenvalue weighted by Gasteiger charge is 2.16. The van der Waals surface area contributed by atoms with Gasteiger partial charge < -0.3 is 14.2 Å². The summed E-state index contributed by atoms with van der Waals surface area (Å²) in [5.74, 6) is 0.850. The number of piperidine rings is 1. The van der Waals surface area contributed by atoms with Crippen LogP contribution in [0.25, 0.3) is 11.1 Å². The van der Waals surface area contributed by atoms with E-state index in [1.165, 1.54) is 12.5 Å². The molecule has 0 saturated carbocycles. The monoisotopic (exact) mass is 388 g/mol. The SMILES string of the molecule is CCCCc1cc(=O)oc2nc(O/N=C(\CCC)N3CCCCC3)[nH]c(=O)c12. The molecule has 0 unspecified atom stereocenters. The molecule has 1 saturated heterocycles. The van der Waals surface area contributed by atoms with Crippen molar-refractivity contribution in [3.05, 3.63) is 32.4 Å². The van der Waals surface area contributed by atoms with Crippen LogP contribution in [0.15, 0.2) is 25.2 Å². The van der Waals surface area contributed by atoms with E-state index in [0.717, 1.165) is 57.5 Å². The van der Waals surface area contributed by atoms with Gasteiger partial charge >= 0.3 is 11.6 Å². The lowest BCUT2D eigenvalue weighted by Crippen LogP contribution is -2.36. The molecule has 0 radical (unpaired) electrons. The lowest BCUT2D eigenvalue weighted by Gasteiger charge is -2.29. The second kappa shape index (κ2) is 9.52. The lowest BCUT2D eigenvalue weighted by molar-refractivity contribution is 0.278. The van der Waals surface area contributed by atoms with Crippen molar-refractivity contribution in [2.75, 3.05) is 13.1 Å². The average Bonchev–Trinajstić information content (AvgIpc) is 2.69. The van der Waals surface area contributed by atoms with Crippen LogP contribution in [0.2, 0.25) is 0 Å². The molecule has 0 bridgehead atoms. The van der Waals surface area contributed by atoms with E-state index in [2.05, 4.69) is 33.9 Å². The summed E-state index contributed by atoms with van der Waals surface area (Å²) in [6, 6.07) is 1.29. The molecular formula is C20H28N4O4. The van der Waals surface area contributed by atoms with Gasteiger partial charge in [-0.25, -0.2) is 4.79 Å². The molecular weight excluding hydrogens is 360 g/mol. The highest BCUT2D eigenvalue weighted by Crippen LogP contribution is 2.16. The van der Waals surface area contributed by atoms with Crippen LogP contribution < -0.4 is 16.0 Å². The Morgan fingerprint density at radius 2 is 2.04 bits per heavy atom. The Morgan fingerprint density at radius 1 is 1.25 bits per heavy atom. The van der Waals surface area contributed by atoms with E-state index in [9.17, 15) is 9.59 Å². The van der Waals surface area contributed by atoms with E-state index >= 15 is 0 Å². The second-order valence-electron chi connectivity index (χ2n) is 7.14. The third-order valence-corrected chi connectivity index (χ3v) is 4.91. The predicted octanol–water partition coefficient (Wildman–Crippen LogP) is 3.20. The Kier molecular flexibility index (Phi) is 6.84.